The second-order valence-electron chi connectivity index (χ2n) is 8.00. The Morgan fingerprint density at radius 1 is 1.37 bits per heavy atom. The fraction of sp³-hybridized carbons (Fsp3) is 0.714. The minimum Gasteiger partial charge on any atom is -0.479 e. The summed E-state index contributed by atoms with van der Waals surface area (Å²) in [5.41, 5.74) is 2.67. The van der Waals surface area contributed by atoms with Gasteiger partial charge in [-0.15, -0.1) is 0 Å². The van der Waals surface area contributed by atoms with Crippen molar-refractivity contribution >= 4 is 11.0 Å². The molecule has 9 heteroatoms. The number of nitrogens with zero attached hydrogens (tertiary/aromatic N) is 4. The van der Waals surface area contributed by atoms with Gasteiger partial charge in [0.1, 0.15) is 24.1 Å². The number of ether oxygens (including phenoxy) is 4. The molecule has 0 spiro atoms. The van der Waals surface area contributed by atoms with E-state index in [-0.39, 0.29) is 12.7 Å². The monoisotopic (exact) mass is 422 g/mol. The molecule has 0 bridgehead atoms. The molecule has 3 heterocycles. The fourth-order valence-electron chi connectivity index (χ4n) is 3.70. The van der Waals surface area contributed by atoms with E-state index in [2.05, 4.69) is 21.8 Å². The van der Waals surface area contributed by atoms with Gasteiger partial charge in [-0.3, -0.25) is 4.90 Å². The van der Waals surface area contributed by atoms with Gasteiger partial charge in [-0.2, -0.15) is 4.98 Å². The highest BCUT2D eigenvalue weighted by Crippen LogP contribution is 2.28. The van der Waals surface area contributed by atoms with Crippen molar-refractivity contribution in [3.05, 3.63) is 18.1 Å². The Balaban J connectivity index is 1.80. The molecule has 1 aliphatic rings. The molecule has 2 aromatic rings. The van der Waals surface area contributed by atoms with Crippen LogP contribution in [0.1, 0.15) is 39.2 Å². The molecule has 0 unspecified atom stereocenters. The first kappa shape index (κ1) is 22.9. The molecular formula is C21H34N4O5. The predicted octanol–water partition coefficient (Wildman–Crippen LogP) is 2.16. The van der Waals surface area contributed by atoms with E-state index in [1.807, 2.05) is 24.6 Å². The van der Waals surface area contributed by atoms with Gasteiger partial charge in [0.2, 0.25) is 5.88 Å². The van der Waals surface area contributed by atoms with Gasteiger partial charge < -0.3 is 28.6 Å². The van der Waals surface area contributed by atoms with Crippen molar-refractivity contribution in [3.8, 4) is 5.88 Å². The maximum absolute atomic E-state index is 9.57. The zero-order valence-corrected chi connectivity index (χ0v) is 18.5. The van der Waals surface area contributed by atoms with E-state index in [9.17, 15) is 5.11 Å². The van der Waals surface area contributed by atoms with E-state index >= 15 is 0 Å². The van der Waals surface area contributed by atoms with Crippen LogP contribution in [0.3, 0.4) is 0 Å². The molecule has 9 nitrogen and oxygen atoms in total. The summed E-state index contributed by atoms with van der Waals surface area (Å²) < 4.78 is 24.9. The lowest BCUT2D eigenvalue weighted by molar-refractivity contribution is -0.140. The zero-order chi connectivity index (χ0) is 21.6. The number of unbranched alkanes of at least 4 members (excludes halogenated alkanes) is 1. The van der Waals surface area contributed by atoms with Crippen molar-refractivity contribution in [2.24, 2.45) is 0 Å². The van der Waals surface area contributed by atoms with Crippen molar-refractivity contribution in [3.63, 3.8) is 0 Å². The molecule has 168 valence electrons. The molecule has 0 aliphatic carbocycles. The first-order valence-electron chi connectivity index (χ1n) is 10.6. The number of hydrogen-bond acceptors (Lipinski definition) is 8. The van der Waals surface area contributed by atoms with Gasteiger partial charge in [0, 0.05) is 38.0 Å². The molecule has 1 N–H and O–H groups in total. The van der Waals surface area contributed by atoms with E-state index < -0.39 is 5.79 Å². The van der Waals surface area contributed by atoms with Gasteiger partial charge in [0.05, 0.1) is 26.4 Å². The van der Waals surface area contributed by atoms with Gasteiger partial charge in [-0.05, 0) is 20.3 Å². The zero-order valence-electron chi connectivity index (χ0n) is 18.5. The smallest absolute Gasteiger partial charge is 0.241 e. The molecule has 2 aromatic heterocycles. The maximum atomic E-state index is 9.57. The molecule has 1 aliphatic heterocycles. The standard InChI is InChI=1S/C21H34N4O5/c1-5-6-9-28-15-25-11-16(18-19(25)20(27-4)23-14-22-18)10-24(7-8-26)12-17-13-29-21(2,3)30-17/h11,14,17,26H,5-10,12-13,15H2,1-4H3/t17-/m1/s1. The van der Waals surface area contributed by atoms with Gasteiger partial charge in [0.25, 0.3) is 0 Å². The van der Waals surface area contributed by atoms with Crippen LogP contribution in [0.2, 0.25) is 0 Å². The van der Waals surface area contributed by atoms with Gasteiger partial charge >= 0.3 is 0 Å². The topological polar surface area (TPSA) is 91.1 Å². The average Bonchev–Trinajstić information content (AvgIpc) is 3.25. The van der Waals surface area contributed by atoms with Crippen molar-refractivity contribution in [1.82, 2.24) is 19.4 Å². The van der Waals surface area contributed by atoms with E-state index in [4.69, 9.17) is 18.9 Å². The van der Waals surface area contributed by atoms with Crippen LogP contribution < -0.4 is 4.74 Å². The predicted molar refractivity (Wildman–Crippen MR) is 112 cm³/mol. The number of rotatable bonds is 12. The van der Waals surface area contributed by atoms with E-state index in [0.717, 1.165) is 29.4 Å². The highest BCUT2D eigenvalue weighted by molar-refractivity contribution is 5.83. The third-order valence-electron chi connectivity index (χ3n) is 5.10. The molecule has 0 aromatic carbocycles. The molecule has 1 saturated heterocycles. The lowest BCUT2D eigenvalue weighted by atomic mass is 10.2. The molecular weight excluding hydrogens is 388 g/mol. The molecule has 3 rings (SSSR count). The molecule has 0 radical (unpaired) electrons. The number of fused-ring (bicyclic) bond motifs is 1. The summed E-state index contributed by atoms with van der Waals surface area (Å²) in [6.07, 6.45) is 5.61. The van der Waals surface area contributed by atoms with E-state index in [1.165, 1.54) is 6.33 Å². The average molecular weight is 423 g/mol. The molecule has 30 heavy (non-hydrogen) atoms. The summed E-state index contributed by atoms with van der Waals surface area (Å²) in [4.78, 5) is 10.9. The summed E-state index contributed by atoms with van der Waals surface area (Å²) in [6.45, 7) is 9.48. The largest absolute Gasteiger partial charge is 0.479 e. The Labute approximate surface area is 177 Å². The normalized spacial score (nSPS) is 18.5. The number of aliphatic hydroxyl groups excluding tert-OH is 1. The second kappa shape index (κ2) is 10.5. The first-order valence-corrected chi connectivity index (χ1v) is 10.6. The lowest BCUT2D eigenvalue weighted by Gasteiger charge is -2.24. The highest BCUT2D eigenvalue weighted by atomic mass is 16.7. The van der Waals surface area contributed by atoms with Crippen LogP contribution in [-0.4, -0.2) is 76.5 Å². The van der Waals surface area contributed by atoms with Gasteiger partial charge in [-0.25, -0.2) is 4.98 Å². The Morgan fingerprint density at radius 3 is 2.87 bits per heavy atom. The molecule has 0 amide bonds. The number of methoxy groups -OCH3 is 1. The van der Waals surface area contributed by atoms with E-state index in [0.29, 0.717) is 45.5 Å². The molecule has 1 atom stereocenters. The van der Waals surface area contributed by atoms with Crippen LogP contribution in [-0.2, 0) is 27.5 Å². The number of aliphatic hydroxyl groups is 1. The Morgan fingerprint density at radius 2 is 2.20 bits per heavy atom. The van der Waals surface area contributed by atoms with Crippen molar-refractivity contribution < 1.29 is 24.1 Å². The highest BCUT2D eigenvalue weighted by Gasteiger charge is 2.33. The van der Waals surface area contributed by atoms with E-state index in [1.54, 1.807) is 7.11 Å². The minimum atomic E-state index is -0.567. The Bertz CT molecular complexity index is 810. The quantitative estimate of drug-likeness (QED) is 0.521. The fourth-order valence-corrected chi connectivity index (χ4v) is 3.70. The van der Waals surface area contributed by atoms with Crippen LogP contribution in [0, 0.1) is 0 Å². The third-order valence-corrected chi connectivity index (χ3v) is 5.10. The molecule has 0 saturated carbocycles. The Kier molecular flexibility index (Phi) is 8.01. The third kappa shape index (κ3) is 5.67. The first-order chi connectivity index (χ1) is 14.5. The summed E-state index contributed by atoms with van der Waals surface area (Å²) in [6, 6.07) is 0. The van der Waals surface area contributed by atoms with Crippen LogP contribution in [0.5, 0.6) is 5.88 Å². The lowest BCUT2D eigenvalue weighted by Crippen LogP contribution is -2.36. The second-order valence-corrected chi connectivity index (χ2v) is 8.00. The summed E-state index contributed by atoms with van der Waals surface area (Å²) in [5.74, 6) is -0.0459. The summed E-state index contributed by atoms with van der Waals surface area (Å²) >= 11 is 0. The van der Waals surface area contributed by atoms with Crippen LogP contribution >= 0.6 is 0 Å². The van der Waals surface area contributed by atoms with Crippen molar-refractivity contribution in [2.45, 2.75) is 58.8 Å². The summed E-state index contributed by atoms with van der Waals surface area (Å²) in [7, 11) is 1.61. The Hall–Kier alpha value is -1.78. The van der Waals surface area contributed by atoms with Gasteiger partial charge in [-0.1, -0.05) is 13.3 Å². The van der Waals surface area contributed by atoms with Crippen LogP contribution in [0.4, 0.5) is 0 Å². The molecule has 1 fully saturated rings. The van der Waals surface area contributed by atoms with Gasteiger partial charge in [0.15, 0.2) is 5.79 Å². The van der Waals surface area contributed by atoms with Crippen LogP contribution in [0.25, 0.3) is 11.0 Å². The minimum absolute atomic E-state index is 0.0403. The number of aromatic nitrogens is 3. The maximum Gasteiger partial charge on any atom is 0.241 e. The SMILES string of the molecule is CCCCOCn1cc(CN(CCO)C[C@@H]2COC(C)(C)O2)c2ncnc(OC)c21. The summed E-state index contributed by atoms with van der Waals surface area (Å²) in [5, 5.41) is 9.57. The van der Waals surface area contributed by atoms with Crippen LogP contribution in [0.15, 0.2) is 12.5 Å². The number of hydrogen-bond donors (Lipinski definition) is 1. The van der Waals surface area contributed by atoms with Crippen molar-refractivity contribution in [1.29, 1.82) is 0 Å². The van der Waals surface area contributed by atoms with Crippen molar-refractivity contribution in [2.75, 3.05) is 40.0 Å².